The summed E-state index contributed by atoms with van der Waals surface area (Å²) in [5.41, 5.74) is 8.05. The molecule has 1 aromatic rings. The second-order valence-electron chi connectivity index (χ2n) is 3.99. The van der Waals surface area contributed by atoms with Crippen molar-refractivity contribution in [2.24, 2.45) is 5.73 Å². The summed E-state index contributed by atoms with van der Waals surface area (Å²) < 4.78 is 0. The third-order valence-electron chi connectivity index (χ3n) is 2.70. The number of hydrogen-bond donors (Lipinski definition) is 1. The van der Waals surface area contributed by atoms with Gasteiger partial charge in [-0.3, -0.25) is 0 Å². The summed E-state index contributed by atoms with van der Waals surface area (Å²) in [5, 5.41) is 0. The van der Waals surface area contributed by atoms with E-state index in [4.69, 9.17) is 5.73 Å². The van der Waals surface area contributed by atoms with Gasteiger partial charge in [-0.2, -0.15) is 0 Å². The van der Waals surface area contributed by atoms with Gasteiger partial charge in [0.1, 0.15) is 5.82 Å². The summed E-state index contributed by atoms with van der Waals surface area (Å²) in [5.74, 6) is 1.06. The Morgan fingerprint density at radius 2 is 2.33 bits per heavy atom. The summed E-state index contributed by atoms with van der Waals surface area (Å²) >= 11 is 0. The fourth-order valence-electron chi connectivity index (χ4n) is 1.83. The first kappa shape index (κ1) is 10.2. The molecule has 80 valence electrons. The number of pyridine rings is 1. The monoisotopic (exact) mass is 203 g/mol. The zero-order valence-electron chi connectivity index (χ0n) is 9.11. The lowest BCUT2D eigenvalue weighted by Gasteiger charge is -2.27. The lowest BCUT2D eigenvalue weighted by molar-refractivity contribution is 0.777. The minimum Gasteiger partial charge on any atom is -0.352 e. The molecule has 15 heavy (non-hydrogen) atoms. The summed E-state index contributed by atoms with van der Waals surface area (Å²) in [6.45, 7) is 4.79. The van der Waals surface area contributed by atoms with Crippen LogP contribution < -0.4 is 10.6 Å². The Morgan fingerprint density at radius 3 is 2.93 bits per heavy atom. The average molecular weight is 203 g/mol. The van der Waals surface area contributed by atoms with Crippen molar-refractivity contribution in [3.8, 4) is 0 Å². The van der Waals surface area contributed by atoms with E-state index in [1.54, 1.807) is 0 Å². The van der Waals surface area contributed by atoms with Crippen molar-refractivity contribution in [1.29, 1.82) is 0 Å². The Kier molecular flexibility index (Phi) is 3.02. The van der Waals surface area contributed by atoms with Gasteiger partial charge in [-0.05, 0) is 25.0 Å². The second kappa shape index (κ2) is 4.45. The van der Waals surface area contributed by atoms with Crippen molar-refractivity contribution in [3.63, 3.8) is 0 Å². The first-order valence-electron chi connectivity index (χ1n) is 5.35. The van der Waals surface area contributed by atoms with Gasteiger partial charge < -0.3 is 10.6 Å². The van der Waals surface area contributed by atoms with E-state index in [9.17, 15) is 0 Å². The van der Waals surface area contributed by atoms with E-state index in [-0.39, 0.29) is 0 Å². The van der Waals surface area contributed by atoms with Crippen molar-refractivity contribution in [2.75, 3.05) is 18.0 Å². The lowest BCUT2D eigenvalue weighted by atomic mass is 10.1. The van der Waals surface area contributed by atoms with Crippen molar-refractivity contribution in [2.45, 2.75) is 19.9 Å². The smallest absolute Gasteiger partial charge is 0.128 e. The van der Waals surface area contributed by atoms with Crippen molar-refractivity contribution < 1.29 is 0 Å². The Hall–Kier alpha value is -1.35. The molecular weight excluding hydrogens is 186 g/mol. The summed E-state index contributed by atoms with van der Waals surface area (Å²) in [6.07, 6.45) is 5.28. The van der Waals surface area contributed by atoms with Crippen LogP contribution in [0.15, 0.2) is 30.0 Å². The van der Waals surface area contributed by atoms with E-state index in [1.165, 1.54) is 5.57 Å². The fourth-order valence-corrected chi connectivity index (χ4v) is 1.83. The highest BCUT2D eigenvalue weighted by Crippen LogP contribution is 2.17. The fraction of sp³-hybridized carbons (Fsp3) is 0.417. The second-order valence-corrected chi connectivity index (χ2v) is 3.99. The molecule has 3 nitrogen and oxygen atoms in total. The Bertz CT molecular complexity index is 354. The quantitative estimate of drug-likeness (QED) is 0.744. The molecule has 0 aliphatic carbocycles. The van der Waals surface area contributed by atoms with Crippen LogP contribution in [-0.4, -0.2) is 18.1 Å². The minimum absolute atomic E-state index is 0.562. The summed E-state index contributed by atoms with van der Waals surface area (Å²) in [6, 6.07) is 4.11. The molecule has 0 bridgehead atoms. The SMILES string of the molecule is CC1=CCCN(c2ccc(CN)cn2)C1. The van der Waals surface area contributed by atoms with Gasteiger partial charge >= 0.3 is 0 Å². The van der Waals surface area contributed by atoms with Crippen molar-refractivity contribution >= 4 is 5.82 Å². The molecule has 0 radical (unpaired) electrons. The summed E-state index contributed by atoms with van der Waals surface area (Å²) in [4.78, 5) is 6.73. The molecule has 0 amide bonds. The van der Waals surface area contributed by atoms with E-state index >= 15 is 0 Å². The number of hydrogen-bond acceptors (Lipinski definition) is 3. The van der Waals surface area contributed by atoms with Gasteiger partial charge in [-0.15, -0.1) is 0 Å². The van der Waals surface area contributed by atoms with Crippen molar-refractivity contribution in [1.82, 2.24) is 4.98 Å². The van der Waals surface area contributed by atoms with Crippen molar-refractivity contribution in [3.05, 3.63) is 35.5 Å². The Labute approximate surface area is 90.6 Å². The molecule has 1 aromatic heterocycles. The van der Waals surface area contributed by atoms with Gasteiger partial charge in [0.25, 0.3) is 0 Å². The zero-order chi connectivity index (χ0) is 10.7. The standard InChI is InChI=1S/C12H17N3/c1-10-3-2-6-15(9-10)12-5-4-11(7-13)8-14-12/h3-5,8H,2,6-7,9,13H2,1H3. The zero-order valence-corrected chi connectivity index (χ0v) is 9.11. The first-order chi connectivity index (χ1) is 7.29. The number of anilines is 1. The van der Waals surface area contributed by atoms with Crippen LogP contribution in [0.2, 0.25) is 0 Å². The lowest BCUT2D eigenvalue weighted by Crippen LogP contribution is -2.29. The maximum absolute atomic E-state index is 5.54. The molecule has 3 heteroatoms. The van der Waals surface area contributed by atoms with Crippen LogP contribution in [-0.2, 0) is 6.54 Å². The normalized spacial score (nSPS) is 16.4. The highest BCUT2D eigenvalue weighted by Gasteiger charge is 2.11. The Balaban J connectivity index is 2.12. The number of aromatic nitrogens is 1. The average Bonchev–Trinajstić information content (AvgIpc) is 2.29. The molecule has 0 fully saturated rings. The molecule has 0 saturated carbocycles. The topological polar surface area (TPSA) is 42.1 Å². The Morgan fingerprint density at radius 1 is 1.47 bits per heavy atom. The van der Waals surface area contributed by atoms with E-state index in [0.29, 0.717) is 6.54 Å². The van der Waals surface area contributed by atoms with Gasteiger partial charge in [0.15, 0.2) is 0 Å². The number of nitrogens with two attached hydrogens (primary N) is 1. The van der Waals surface area contributed by atoms with Crippen LogP contribution in [0.5, 0.6) is 0 Å². The van der Waals surface area contributed by atoms with E-state index in [1.807, 2.05) is 6.20 Å². The largest absolute Gasteiger partial charge is 0.352 e. The van der Waals surface area contributed by atoms with E-state index in [2.05, 4.69) is 35.0 Å². The van der Waals surface area contributed by atoms with Gasteiger partial charge in [0, 0.05) is 25.8 Å². The molecule has 0 unspecified atom stereocenters. The third-order valence-corrected chi connectivity index (χ3v) is 2.70. The predicted octanol–water partition coefficient (Wildman–Crippen LogP) is 1.70. The molecule has 0 saturated heterocycles. The molecule has 2 N–H and O–H groups in total. The van der Waals surface area contributed by atoms with Crippen LogP contribution in [0.3, 0.4) is 0 Å². The number of nitrogens with zero attached hydrogens (tertiary/aromatic N) is 2. The molecule has 0 aromatic carbocycles. The van der Waals surface area contributed by atoms with Crippen LogP contribution in [0.1, 0.15) is 18.9 Å². The van der Waals surface area contributed by atoms with Crippen LogP contribution >= 0.6 is 0 Å². The van der Waals surface area contributed by atoms with Crippen LogP contribution in [0.4, 0.5) is 5.82 Å². The molecule has 0 spiro atoms. The highest BCUT2D eigenvalue weighted by atomic mass is 15.2. The van der Waals surface area contributed by atoms with Gasteiger partial charge in [0.05, 0.1) is 0 Å². The molecule has 1 aliphatic heterocycles. The molecule has 2 heterocycles. The molecule has 2 rings (SSSR count). The maximum atomic E-state index is 5.54. The van der Waals surface area contributed by atoms with Crippen LogP contribution in [0.25, 0.3) is 0 Å². The van der Waals surface area contributed by atoms with E-state index < -0.39 is 0 Å². The number of rotatable bonds is 2. The first-order valence-corrected chi connectivity index (χ1v) is 5.35. The van der Waals surface area contributed by atoms with Gasteiger partial charge in [-0.25, -0.2) is 4.98 Å². The van der Waals surface area contributed by atoms with E-state index in [0.717, 1.165) is 30.9 Å². The molecular formula is C12H17N3. The highest BCUT2D eigenvalue weighted by molar-refractivity contribution is 5.42. The third kappa shape index (κ3) is 2.36. The molecule has 1 aliphatic rings. The minimum atomic E-state index is 0.562. The summed E-state index contributed by atoms with van der Waals surface area (Å²) in [7, 11) is 0. The molecule has 0 atom stereocenters. The maximum Gasteiger partial charge on any atom is 0.128 e. The van der Waals surface area contributed by atoms with Gasteiger partial charge in [-0.1, -0.05) is 17.7 Å². The predicted molar refractivity (Wildman–Crippen MR) is 62.7 cm³/mol. The van der Waals surface area contributed by atoms with Crippen LogP contribution in [0, 0.1) is 0 Å². The van der Waals surface area contributed by atoms with Gasteiger partial charge in [0.2, 0.25) is 0 Å².